The van der Waals surface area contributed by atoms with E-state index in [0.29, 0.717) is 0 Å². The molecule has 1 aliphatic rings. The van der Waals surface area contributed by atoms with Crippen molar-refractivity contribution in [2.24, 2.45) is 7.05 Å². The highest BCUT2D eigenvalue weighted by Crippen LogP contribution is 2.20. The van der Waals surface area contributed by atoms with Gasteiger partial charge in [-0.1, -0.05) is 12.1 Å². The van der Waals surface area contributed by atoms with E-state index in [1.165, 1.54) is 0 Å². The molecule has 0 bridgehead atoms. The number of rotatable bonds is 3. The monoisotopic (exact) mass is 271 g/mol. The Bertz CT molecular complexity index is 616. The molecule has 1 aromatic carbocycles. The first kappa shape index (κ1) is 12.8. The second-order valence-corrected chi connectivity index (χ2v) is 4.98. The summed E-state index contributed by atoms with van der Waals surface area (Å²) in [6.45, 7) is 0.914. The molecule has 1 amide bonds. The maximum atomic E-state index is 12.1. The number of hydrogen-bond acceptors (Lipinski definition) is 4. The molecule has 0 saturated carbocycles. The largest absolute Gasteiger partial charge is 0.325 e. The molecule has 20 heavy (non-hydrogen) atoms. The molecule has 3 rings (SSSR count). The first-order valence-corrected chi connectivity index (χ1v) is 6.73. The standard InChI is InChI=1S/C14H17N5O/c1-19-9-16-18-13(19)10-4-2-5-11(8-10)17-14(20)12-6-3-7-15-12/h2,4-5,8-9,12,15H,3,6-7H2,1H3,(H,17,20)/t12-/m0/s1. The van der Waals surface area contributed by atoms with Crippen molar-refractivity contribution in [2.75, 3.05) is 11.9 Å². The van der Waals surface area contributed by atoms with E-state index in [1.807, 2.05) is 35.9 Å². The van der Waals surface area contributed by atoms with Gasteiger partial charge in [0.2, 0.25) is 5.91 Å². The Morgan fingerprint density at radius 1 is 1.50 bits per heavy atom. The molecule has 2 N–H and O–H groups in total. The fourth-order valence-electron chi connectivity index (χ4n) is 2.42. The Hall–Kier alpha value is -2.21. The number of carbonyl (C=O) groups is 1. The number of nitrogens with one attached hydrogen (secondary N) is 2. The van der Waals surface area contributed by atoms with Crippen LogP contribution >= 0.6 is 0 Å². The molecule has 0 aliphatic carbocycles. The number of benzene rings is 1. The molecule has 0 unspecified atom stereocenters. The van der Waals surface area contributed by atoms with Crippen LogP contribution in [0.2, 0.25) is 0 Å². The minimum atomic E-state index is -0.0755. The third-order valence-corrected chi connectivity index (χ3v) is 3.48. The maximum Gasteiger partial charge on any atom is 0.241 e. The van der Waals surface area contributed by atoms with Crippen molar-refractivity contribution in [2.45, 2.75) is 18.9 Å². The molecule has 2 heterocycles. The van der Waals surface area contributed by atoms with E-state index in [-0.39, 0.29) is 11.9 Å². The summed E-state index contributed by atoms with van der Waals surface area (Å²) in [5, 5.41) is 14.1. The predicted octanol–water partition coefficient (Wildman–Crippen LogP) is 1.17. The summed E-state index contributed by atoms with van der Waals surface area (Å²) in [5.74, 6) is 0.803. The molecule has 1 aliphatic heterocycles. The summed E-state index contributed by atoms with van der Waals surface area (Å²) < 4.78 is 1.85. The van der Waals surface area contributed by atoms with Crippen molar-refractivity contribution in [1.82, 2.24) is 20.1 Å². The zero-order chi connectivity index (χ0) is 13.9. The number of anilines is 1. The third-order valence-electron chi connectivity index (χ3n) is 3.48. The second-order valence-electron chi connectivity index (χ2n) is 4.98. The molecule has 0 radical (unpaired) electrons. The van der Waals surface area contributed by atoms with Gasteiger partial charge in [0, 0.05) is 18.3 Å². The van der Waals surface area contributed by atoms with Crippen LogP contribution in [0.3, 0.4) is 0 Å². The lowest BCUT2D eigenvalue weighted by Gasteiger charge is -2.11. The first-order chi connectivity index (χ1) is 9.74. The SMILES string of the molecule is Cn1cnnc1-c1cccc(NC(=O)[C@@H]2CCCN2)c1. The molecule has 1 aromatic heterocycles. The van der Waals surface area contributed by atoms with Crippen LogP contribution in [0.25, 0.3) is 11.4 Å². The summed E-state index contributed by atoms with van der Waals surface area (Å²) in [6, 6.07) is 7.58. The van der Waals surface area contributed by atoms with Gasteiger partial charge in [-0.15, -0.1) is 10.2 Å². The third kappa shape index (κ3) is 2.55. The molecular formula is C14H17N5O. The lowest BCUT2D eigenvalue weighted by atomic mass is 10.1. The number of amides is 1. The molecule has 6 heteroatoms. The smallest absolute Gasteiger partial charge is 0.241 e. The second kappa shape index (κ2) is 5.42. The Labute approximate surface area is 117 Å². The Kier molecular flexibility index (Phi) is 3.47. The normalized spacial score (nSPS) is 18.1. The number of carbonyl (C=O) groups excluding carboxylic acids is 1. The highest BCUT2D eigenvalue weighted by molar-refractivity contribution is 5.95. The lowest BCUT2D eigenvalue weighted by molar-refractivity contribution is -0.117. The quantitative estimate of drug-likeness (QED) is 0.879. The maximum absolute atomic E-state index is 12.1. The van der Waals surface area contributed by atoms with E-state index in [9.17, 15) is 4.79 Å². The minimum absolute atomic E-state index is 0.0256. The van der Waals surface area contributed by atoms with Gasteiger partial charge in [-0.25, -0.2) is 0 Å². The van der Waals surface area contributed by atoms with Gasteiger partial charge in [-0.05, 0) is 31.5 Å². The predicted molar refractivity (Wildman–Crippen MR) is 76.1 cm³/mol. The van der Waals surface area contributed by atoms with E-state index in [1.54, 1.807) is 6.33 Å². The molecule has 1 atom stereocenters. The van der Waals surface area contributed by atoms with Crippen LogP contribution in [0.15, 0.2) is 30.6 Å². The molecule has 2 aromatic rings. The van der Waals surface area contributed by atoms with E-state index in [2.05, 4.69) is 20.8 Å². The molecule has 1 saturated heterocycles. The van der Waals surface area contributed by atoms with Crippen molar-refractivity contribution in [3.63, 3.8) is 0 Å². The van der Waals surface area contributed by atoms with E-state index < -0.39 is 0 Å². The Morgan fingerprint density at radius 3 is 3.10 bits per heavy atom. The van der Waals surface area contributed by atoms with Gasteiger partial charge in [-0.2, -0.15) is 0 Å². The van der Waals surface area contributed by atoms with Gasteiger partial charge in [0.25, 0.3) is 0 Å². The molecular weight excluding hydrogens is 254 g/mol. The summed E-state index contributed by atoms with van der Waals surface area (Å²) in [5.41, 5.74) is 1.71. The molecule has 0 spiro atoms. The number of hydrogen-bond donors (Lipinski definition) is 2. The van der Waals surface area contributed by atoms with Crippen LogP contribution in [-0.4, -0.2) is 33.3 Å². The van der Waals surface area contributed by atoms with Crippen molar-refractivity contribution >= 4 is 11.6 Å². The van der Waals surface area contributed by atoms with Crippen LogP contribution in [0.4, 0.5) is 5.69 Å². The summed E-state index contributed by atoms with van der Waals surface area (Å²) >= 11 is 0. The van der Waals surface area contributed by atoms with Crippen molar-refractivity contribution in [3.05, 3.63) is 30.6 Å². The van der Waals surface area contributed by atoms with Gasteiger partial charge in [-0.3, -0.25) is 4.79 Å². The number of aromatic nitrogens is 3. The van der Waals surface area contributed by atoms with Crippen LogP contribution in [0, 0.1) is 0 Å². The summed E-state index contributed by atoms with van der Waals surface area (Å²) in [4.78, 5) is 12.1. The minimum Gasteiger partial charge on any atom is -0.325 e. The fourth-order valence-corrected chi connectivity index (χ4v) is 2.42. The first-order valence-electron chi connectivity index (χ1n) is 6.73. The average molecular weight is 271 g/mol. The van der Waals surface area contributed by atoms with Crippen LogP contribution in [0.1, 0.15) is 12.8 Å². The molecule has 104 valence electrons. The molecule has 6 nitrogen and oxygen atoms in total. The topological polar surface area (TPSA) is 71.8 Å². The number of aryl methyl sites for hydroxylation is 1. The van der Waals surface area contributed by atoms with Gasteiger partial charge >= 0.3 is 0 Å². The van der Waals surface area contributed by atoms with E-state index in [0.717, 1.165) is 36.5 Å². The number of nitrogens with zero attached hydrogens (tertiary/aromatic N) is 3. The summed E-state index contributed by atoms with van der Waals surface area (Å²) in [7, 11) is 1.89. The summed E-state index contributed by atoms with van der Waals surface area (Å²) in [6.07, 6.45) is 3.61. The molecule has 1 fully saturated rings. The van der Waals surface area contributed by atoms with E-state index in [4.69, 9.17) is 0 Å². The van der Waals surface area contributed by atoms with Crippen LogP contribution < -0.4 is 10.6 Å². The average Bonchev–Trinajstić information content (AvgIpc) is 3.10. The Morgan fingerprint density at radius 2 is 2.40 bits per heavy atom. The highest BCUT2D eigenvalue weighted by Gasteiger charge is 2.21. The van der Waals surface area contributed by atoms with Crippen molar-refractivity contribution in [1.29, 1.82) is 0 Å². The van der Waals surface area contributed by atoms with Gasteiger partial charge in [0.15, 0.2) is 5.82 Å². The zero-order valence-electron chi connectivity index (χ0n) is 11.3. The van der Waals surface area contributed by atoms with Crippen LogP contribution in [0.5, 0.6) is 0 Å². The fraction of sp³-hybridized carbons (Fsp3) is 0.357. The van der Waals surface area contributed by atoms with Crippen LogP contribution in [-0.2, 0) is 11.8 Å². The zero-order valence-corrected chi connectivity index (χ0v) is 11.3. The Balaban J connectivity index is 1.78. The van der Waals surface area contributed by atoms with Crippen molar-refractivity contribution in [3.8, 4) is 11.4 Å². The highest BCUT2D eigenvalue weighted by atomic mass is 16.2. The van der Waals surface area contributed by atoms with Gasteiger partial charge < -0.3 is 15.2 Å². The lowest BCUT2D eigenvalue weighted by Crippen LogP contribution is -2.35. The van der Waals surface area contributed by atoms with Gasteiger partial charge in [0.05, 0.1) is 6.04 Å². The van der Waals surface area contributed by atoms with E-state index >= 15 is 0 Å². The van der Waals surface area contributed by atoms with Gasteiger partial charge in [0.1, 0.15) is 6.33 Å². The van der Waals surface area contributed by atoms with Crippen molar-refractivity contribution < 1.29 is 4.79 Å².